The van der Waals surface area contributed by atoms with Gasteiger partial charge < -0.3 is 9.84 Å². The number of nitrogens with zero attached hydrogens (tertiary/aromatic N) is 1. The van der Waals surface area contributed by atoms with Gasteiger partial charge in [-0.05, 0) is 34.8 Å². The molecule has 1 aromatic rings. The number of carboxylic acids is 1. The molecule has 6 nitrogen and oxygen atoms in total. The van der Waals surface area contributed by atoms with Crippen LogP contribution in [0.25, 0.3) is 0 Å². The second-order valence-corrected chi connectivity index (χ2v) is 4.91. The number of nitro benzene ring substituents is 1. The van der Waals surface area contributed by atoms with Crippen LogP contribution < -0.4 is 4.74 Å². The molecular weight excluding hydrogens is 306 g/mol. The summed E-state index contributed by atoms with van der Waals surface area (Å²) in [6, 6.07) is 4.36. The van der Waals surface area contributed by atoms with Crippen LogP contribution in [-0.2, 0) is 4.79 Å². The van der Waals surface area contributed by atoms with Gasteiger partial charge in [0.15, 0.2) is 6.10 Å². The fourth-order valence-electron chi connectivity index (χ4n) is 1.63. The molecule has 1 aliphatic carbocycles. The molecule has 1 N–H and O–H groups in total. The molecule has 18 heavy (non-hydrogen) atoms. The molecule has 0 saturated heterocycles. The van der Waals surface area contributed by atoms with Crippen LogP contribution in [0.3, 0.4) is 0 Å². The Morgan fingerprint density at radius 2 is 2.22 bits per heavy atom. The third kappa shape index (κ3) is 2.61. The topological polar surface area (TPSA) is 89.7 Å². The van der Waals surface area contributed by atoms with E-state index in [1.54, 1.807) is 6.07 Å². The lowest BCUT2D eigenvalue weighted by Crippen LogP contribution is -2.29. The summed E-state index contributed by atoms with van der Waals surface area (Å²) in [4.78, 5) is 21.3. The number of para-hydroxylation sites is 1. The number of aliphatic carboxylic acids is 1. The van der Waals surface area contributed by atoms with Crippen molar-refractivity contribution in [1.82, 2.24) is 0 Å². The van der Waals surface area contributed by atoms with E-state index in [4.69, 9.17) is 9.84 Å². The summed E-state index contributed by atoms with van der Waals surface area (Å²) < 4.78 is 5.71. The molecule has 2 rings (SSSR count). The van der Waals surface area contributed by atoms with Gasteiger partial charge in [0.1, 0.15) is 0 Å². The van der Waals surface area contributed by atoms with Crippen LogP contribution in [0.15, 0.2) is 22.7 Å². The maximum Gasteiger partial charge on any atom is 0.345 e. The molecule has 1 unspecified atom stereocenters. The van der Waals surface area contributed by atoms with Gasteiger partial charge in [0, 0.05) is 12.0 Å². The van der Waals surface area contributed by atoms with Gasteiger partial charge in [0.2, 0.25) is 5.75 Å². The van der Waals surface area contributed by atoms with E-state index in [0.717, 1.165) is 12.8 Å². The Labute approximate surface area is 111 Å². The number of hydrogen-bond donors (Lipinski definition) is 1. The van der Waals surface area contributed by atoms with Gasteiger partial charge in [-0.25, -0.2) is 4.79 Å². The first kappa shape index (κ1) is 12.8. The van der Waals surface area contributed by atoms with Crippen molar-refractivity contribution in [3.63, 3.8) is 0 Å². The Balaban J connectivity index is 2.32. The van der Waals surface area contributed by atoms with E-state index in [1.807, 2.05) is 0 Å². The van der Waals surface area contributed by atoms with Crippen molar-refractivity contribution < 1.29 is 19.6 Å². The fraction of sp³-hybridized carbons (Fsp3) is 0.364. The standard InChI is InChI=1S/C11H10BrNO5/c12-7-2-1-3-8(13(16)17)10(7)18-9(11(14)15)6-4-5-6/h1-3,6,9H,4-5H2,(H,14,15). The Hall–Kier alpha value is -1.63. The van der Waals surface area contributed by atoms with Crippen LogP contribution in [-0.4, -0.2) is 22.1 Å². The molecule has 0 radical (unpaired) electrons. The predicted octanol–water partition coefficient (Wildman–Crippen LogP) is 2.60. The van der Waals surface area contributed by atoms with Crippen molar-refractivity contribution >= 4 is 27.6 Å². The van der Waals surface area contributed by atoms with Gasteiger partial charge >= 0.3 is 11.7 Å². The van der Waals surface area contributed by atoms with E-state index >= 15 is 0 Å². The van der Waals surface area contributed by atoms with Crippen molar-refractivity contribution in [3.8, 4) is 5.75 Å². The van der Waals surface area contributed by atoms with E-state index < -0.39 is 17.0 Å². The van der Waals surface area contributed by atoms with Gasteiger partial charge in [-0.2, -0.15) is 0 Å². The number of benzene rings is 1. The Bertz CT molecular complexity index is 500. The minimum Gasteiger partial charge on any atom is -0.478 e. The van der Waals surface area contributed by atoms with Crippen molar-refractivity contribution in [3.05, 3.63) is 32.8 Å². The number of halogens is 1. The molecule has 0 heterocycles. The summed E-state index contributed by atoms with van der Waals surface area (Å²) in [6.07, 6.45) is 0.521. The minimum atomic E-state index is -1.09. The minimum absolute atomic E-state index is 0.0261. The second-order valence-electron chi connectivity index (χ2n) is 4.06. The first-order valence-electron chi connectivity index (χ1n) is 5.33. The summed E-state index contributed by atoms with van der Waals surface area (Å²) in [6.45, 7) is 0. The molecule has 0 aliphatic heterocycles. The van der Waals surface area contributed by atoms with Crippen LogP contribution in [0.4, 0.5) is 5.69 Å². The van der Waals surface area contributed by atoms with E-state index in [0.29, 0.717) is 4.47 Å². The molecule has 0 aromatic heterocycles. The normalized spacial score (nSPS) is 16.1. The maximum atomic E-state index is 11.1. The lowest BCUT2D eigenvalue weighted by atomic mass is 10.2. The van der Waals surface area contributed by atoms with E-state index in [-0.39, 0.29) is 17.4 Å². The van der Waals surface area contributed by atoms with Crippen molar-refractivity contribution in [1.29, 1.82) is 0 Å². The molecular formula is C11H10BrNO5. The SMILES string of the molecule is O=C(O)C(Oc1c(Br)cccc1[N+](=O)[O-])C1CC1. The van der Waals surface area contributed by atoms with Gasteiger partial charge in [0.05, 0.1) is 9.40 Å². The molecule has 96 valence electrons. The maximum absolute atomic E-state index is 11.1. The highest BCUT2D eigenvalue weighted by atomic mass is 79.9. The summed E-state index contributed by atoms with van der Waals surface area (Å²) in [5.41, 5.74) is -0.240. The summed E-state index contributed by atoms with van der Waals surface area (Å²) in [5.74, 6) is -1.18. The number of ether oxygens (including phenoxy) is 1. The van der Waals surface area contributed by atoms with Crippen LogP contribution in [0, 0.1) is 16.0 Å². The monoisotopic (exact) mass is 315 g/mol. The highest BCUT2D eigenvalue weighted by Crippen LogP contribution is 2.40. The molecule has 1 aromatic carbocycles. The van der Waals surface area contributed by atoms with E-state index in [2.05, 4.69) is 15.9 Å². The summed E-state index contributed by atoms with van der Waals surface area (Å²) in [7, 11) is 0. The molecule has 0 bridgehead atoms. The molecule has 1 atom stereocenters. The third-order valence-electron chi connectivity index (χ3n) is 2.68. The number of rotatable bonds is 5. The smallest absolute Gasteiger partial charge is 0.345 e. The first-order chi connectivity index (χ1) is 8.50. The molecule has 0 amide bonds. The summed E-state index contributed by atoms with van der Waals surface area (Å²) >= 11 is 3.14. The number of carboxylic acid groups (broad SMARTS) is 1. The average Bonchev–Trinajstić information content (AvgIpc) is 3.10. The van der Waals surface area contributed by atoms with E-state index in [1.165, 1.54) is 12.1 Å². The largest absolute Gasteiger partial charge is 0.478 e. The quantitative estimate of drug-likeness (QED) is 0.666. The zero-order valence-corrected chi connectivity index (χ0v) is 10.8. The number of carbonyl (C=O) groups is 1. The zero-order chi connectivity index (χ0) is 13.3. The second kappa shape index (κ2) is 4.93. The first-order valence-corrected chi connectivity index (χ1v) is 6.12. The highest BCUT2D eigenvalue weighted by Gasteiger charge is 2.39. The van der Waals surface area contributed by atoms with Crippen molar-refractivity contribution in [2.45, 2.75) is 18.9 Å². The molecule has 1 fully saturated rings. The summed E-state index contributed by atoms with van der Waals surface area (Å²) in [5, 5.41) is 19.9. The van der Waals surface area contributed by atoms with Crippen LogP contribution in [0.5, 0.6) is 5.75 Å². The molecule has 7 heteroatoms. The van der Waals surface area contributed by atoms with Crippen LogP contribution >= 0.6 is 15.9 Å². The predicted molar refractivity (Wildman–Crippen MR) is 65.6 cm³/mol. The van der Waals surface area contributed by atoms with Gasteiger partial charge in [-0.1, -0.05) is 6.07 Å². The molecule has 0 spiro atoms. The third-order valence-corrected chi connectivity index (χ3v) is 3.31. The Morgan fingerprint density at radius 1 is 1.56 bits per heavy atom. The van der Waals surface area contributed by atoms with Gasteiger partial charge in [-0.15, -0.1) is 0 Å². The fourth-order valence-corrected chi connectivity index (χ4v) is 2.08. The number of nitro groups is 1. The van der Waals surface area contributed by atoms with Gasteiger partial charge in [-0.3, -0.25) is 10.1 Å². The average molecular weight is 316 g/mol. The van der Waals surface area contributed by atoms with Crippen LogP contribution in [0.2, 0.25) is 0 Å². The Morgan fingerprint density at radius 3 is 2.72 bits per heavy atom. The van der Waals surface area contributed by atoms with Gasteiger partial charge in [0.25, 0.3) is 0 Å². The van der Waals surface area contributed by atoms with Crippen molar-refractivity contribution in [2.75, 3.05) is 0 Å². The highest BCUT2D eigenvalue weighted by molar-refractivity contribution is 9.10. The molecule has 1 aliphatic rings. The number of hydrogen-bond acceptors (Lipinski definition) is 4. The zero-order valence-electron chi connectivity index (χ0n) is 9.21. The lowest BCUT2D eigenvalue weighted by Gasteiger charge is -2.15. The molecule has 1 saturated carbocycles. The van der Waals surface area contributed by atoms with E-state index in [9.17, 15) is 14.9 Å². The van der Waals surface area contributed by atoms with Crippen molar-refractivity contribution in [2.24, 2.45) is 5.92 Å². The Kier molecular flexibility index (Phi) is 3.51. The van der Waals surface area contributed by atoms with Crippen LogP contribution in [0.1, 0.15) is 12.8 Å². The lowest BCUT2D eigenvalue weighted by molar-refractivity contribution is -0.386.